The molecule has 4 heteroatoms. The normalized spacial score (nSPS) is 20.1. The number of halogens is 1. The summed E-state index contributed by atoms with van der Waals surface area (Å²) in [5.41, 5.74) is 1.17. The molecule has 1 aromatic rings. The second kappa shape index (κ2) is 6.92. The van der Waals surface area contributed by atoms with Gasteiger partial charge in [-0.3, -0.25) is 4.79 Å². The number of hydrogen-bond acceptors (Lipinski definition) is 2. The van der Waals surface area contributed by atoms with Crippen LogP contribution < -0.4 is 5.32 Å². The van der Waals surface area contributed by atoms with Gasteiger partial charge in [0.25, 0.3) is 0 Å². The van der Waals surface area contributed by atoms with Crippen LogP contribution in [0.3, 0.4) is 0 Å². The molecule has 2 rings (SSSR count). The maximum absolute atomic E-state index is 12.2. The number of nitrogens with one attached hydrogen (secondary N) is 1. The molecule has 0 radical (unpaired) electrons. The van der Waals surface area contributed by atoms with Crippen LogP contribution in [0.25, 0.3) is 0 Å². The monoisotopic (exact) mass is 280 g/mol. The molecule has 1 atom stereocenters. The topological polar surface area (TPSA) is 32.3 Å². The van der Waals surface area contributed by atoms with Gasteiger partial charge in [-0.1, -0.05) is 23.7 Å². The fourth-order valence-electron chi connectivity index (χ4n) is 2.39. The number of carbonyl (C=O) groups is 1. The number of aryl methyl sites for hydroxylation is 1. The first-order valence-electron chi connectivity index (χ1n) is 6.91. The standard InChI is InChI=1S/C15H21ClN2O/c1-12-11-18(10-2-9-17-12)15(19)8-5-13-3-6-14(16)7-4-13/h3-4,6-7,12,17H,2,5,8-11H2,1H3. The van der Waals surface area contributed by atoms with Crippen LogP contribution in [0, 0.1) is 0 Å². The van der Waals surface area contributed by atoms with Gasteiger partial charge >= 0.3 is 0 Å². The van der Waals surface area contributed by atoms with Gasteiger partial charge in [-0.15, -0.1) is 0 Å². The van der Waals surface area contributed by atoms with E-state index in [1.54, 1.807) is 0 Å². The summed E-state index contributed by atoms with van der Waals surface area (Å²) in [6.07, 6.45) is 2.40. The molecule has 0 aromatic heterocycles. The van der Waals surface area contributed by atoms with E-state index in [9.17, 15) is 4.79 Å². The summed E-state index contributed by atoms with van der Waals surface area (Å²) in [6.45, 7) is 4.82. The van der Waals surface area contributed by atoms with E-state index in [-0.39, 0.29) is 5.91 Å². The zero-order valence-corrected chi connectivity index (χ0v) is 12.1. The maximum Gasteiger partial charge on any atom is 0.222 e. The largest absolute Gasteiger partial charge is 0.341 e. The first-order valence-corrected chi connectivity index (χ1v) is 7.28. The van der Waals surface area contributed by atoms with Crippen molar-refractivity contribution in [3.05, 3.63) is 34.9 Å². The molecule has 1 aliphatic rings. The molecule has 0 saturated carbocycles. The van der Waals surface area contributed by atoms with Crippen LogP contribution in [0.5, 0.6) is 0 Å². The van der Waals surface area contributed by atoms with Gasteiger partial charge in [-0.2, -0.15) is 0 Å². The van der Waals surface area contributed by atoms with E-state index in [0.717, 1.165) is 37.5 Å². The quantitative estimate of drug-likeness (QED) is 0.923. The van der Waals surface area contributed by atoms with Gasteiger partial charge in [0.05, 0.1) is 0 Å². The first-order chi connectivity index (χ1) is 9.15. The lowest BCUT2D eigenvalue weighted by Gasteiger charge is -2.22. The first kappa shape index (κ1) is 14.4. The molecular formula is C15H21ClN2O. The molecule has 104 valence electrons. The summed E-state index contributed by atoms with van der Waals surface area (Å²) in [5, 5.41) is 4.14. The molecule has 0 aliphatic carbocycles. The Hall–Kier alpha value is -1.06. The molecule has 1 fully saturated rings. The average molecular weight is 281 g/mol. The Labute approximate surface area is 119 Å². The van der Waals surface area contributed by atoms with Crippen molar-refractivity contribution < 1.29 is 4.79 Å². The number of hydrogen-bond donors (Lipinski definition) is 1. The highest BCUT2D eigenvalue weighted by molar-refractivity contribution is 6.30. The Balaban J connectivity index is 1.84. The molecular weight excluding hydrogens is 260 g/mol. The van der Waals surface area contributed by atoms with Crippen LogP contribution >= 0.6 is 11.6 Å². The van der Waals surface area contributed by atoms with E-state index in [4.69, 9.17) is 11.6 Å². The molecule has 1 N–H and O–H groups in total. The average Bonchev–Trinajstić information content (AvgIpc) is 2.62. The Morgan fingerprint density at radius 2 is 2.16 bits per heavy atom. The molecule has 1 unspecified atom stereocenters. The van der Waals surface area contributed by atoms with Gasteiger partial charge in [0, 0.05) is 30.6 Å². The van der Waals surface area contributed by atoms with Crippen LogP contribution in [0.4, 0.5) is 0 Å². The third-order valence-electron chi connectivity index (χ3n) is 3.49. The Morgan fingerprint density at radius 3 is 2.89 bits per heavy atom. The van der Waals surface area contributed by atoms with Gasteiger partial charge in [0.2, 0.25) is 5.91 Å². The van der Waals surface area contributed by atoms with Gasteiger partial charge in [0.15, 0.2) is 0 Å². The number of carbonyl (C=O) groups excluding carboxylic acids is 1. The predicted octanol–water partition coefficient (Wildman–Crippen LogP) is 2.48. The Bertz CT molecular complexity index is 419. The molecule has 19 heavy (non-hydrogen) atoms. The van der Waals surface area contributed by atoms with Crippen molar-refractivity contribution in [1.82, 2.24) is 10.2 Å². The third kappa shape index (κ3) is 4.51. The van der Waals surface area contributed by atoms with Crippen LogP contribution in [0.1, 0.15) is 25.3 Å². The summed E-state index contributed by atoms with van der Waals surface area (Å²) >= 11 is 5.85. The van der Waals surface area contributed by atoms with Crippen LogP contribution in [-0.4, -0.2) is 36.5 Å². The minimum absolute atomic E-state index is 0.255. The number of amides is 1. The number of rotatable bonds is 3. The van der Waals surface area contributed by atoms with Crippen molar-refractivity contribution in [2.75, 3.05) is 19.6 Å². The summed E-state index contributed by atoms with van der Waals surface area (Å²) in [5.74, 6) is 0.255. The van der Waals surface area contributed by atoms with Crippen molar-refractivity contribution in [1.29, 1.82) is 0 Å². The third-order valence-corrected chi connectivity index (χ3v) is 3.74. The van der Waals surface area contributed by atoms with Crippen LogP contribution in [0.15, 0.2) is 24.3 Å². The van der Waals surface area contributed by atoms with Gasteiger partial charge < -0.3 is 10.2 Å². The second-order valence-corrected chi connectivity index (χ2v) is 5.61. The molecule has 1 amide bonds. The molecule has 1 aliphatic heterocycles. The SMILES string of the molecule is CC1CN(C(=O)CCc2ccc(Cl)cc2)CCCN1. The molecule has 3 nitrogen and oxygen atoms in total. The Kier molecular flexibility index (Phi) is 5.23. The summed E-state index contributed by atoms with van der Waals surface area (Å²) in [7, 11) is 0. The minimum Gasteiger partial charge on any atom is -0.341 e. The van der Waals surface area contributed by atoms with Crippen LogP contribution in [-0.2, 0) is 11.2 Å². The summed E-state index contributed by atoms with van der Waals surface area (Å²) in [4.78, 5) is 14.2. The number of nitrogens with zero attached hydrogens (tertiary/aromatic N) is 1. The van der Waals surface area contributed by atoms with E-state index in [0.29, 0.717) is 12.5 Å². The lowest BCUT2D eigenvalue weighted by atomic mass is 10.1. The molecule has 0 spiro atoms. The summed E-state index contributed by atoms with van der Waals surface area (Å²) < 4.78 is 0. The maximum atomic E-state index is 12.2. The molecule has 1 aromatic carbocycles. The fourth-order valence-corrected chi connectivity index (χ4v) is 2.52. The van der Waals surface area contributed by atoms with Gasteiger partial charge in [0.1, 0.15) is 0 Å². The van der Waals surface area contributed by atoms with E-state index in [2.05, 4.69) is 12.2 Å². The molecule has 1 heterocycles. The lowest BCUT2D eigenvalue weighted by Crippen LogP contribution is -2.39. The zero-order valence-electron chi connectivity index (χ0n) is 11.4. The highest BCUT2D eigenvalue weighted by atomic mass is 35.5. The van der Waals surface area contributed by atoms with Crippen molar-refractivity contribution in [2.45, 2.75) is 32.2 Å². The highest BCUT2D eigenvalue weighted by Gasteiger charge is 2.18. The van der Waals surface area contributed by atoms with Crippen molar-refractivity contribution in [3.63, 3.8) is 0 Å². The fraction of sp³-hybridized carbons (Fsp3) is 0.533. The van der Waals surface area contributed by atoms with Crippen LogP contribution in [0.2, 0.25) is 5.02 Å². The Morgan fingerprint density at radius 1 is 1.42 bits per heavy atom. The second-order valence-electron chi connectivity index (χ2n) is 5.17. The summed E-state index contributed by atoms with van der Waals surface area (Å²) in [6, 6.07) is 8.12. The molecule has 1 saturated heterocycles. The van der Waals surface area contributed by atoms with Crippen molar-refractivity contribution >= 4 is 17.5 Å². The zero-order chi connectivity index (χ0) is 13.7. The number of benzene rings is 1. The van der Waals surface area contributed by atoms with E-state index < -0.39 is 0 Å². The van der Waals surface area contributed by atoms with E-state index in [1.807, 2.05) is 29.2 Å². The van der Waals surface area contributed by atoms with Gasteiger partial charge in [-0.25, -0.2) is 0 Å². The van der Waals surface area contributed by atoms with Crippen molar-refractivity contribution in [3.8, 4) is 0 Å². The van der Waals surface area contributed by atoms with Crippen molar-refractivity contribution in [2.24, 2.45) is 0 Å². The van der Waals surface area contributed by atoms with Gasteiger partial charge in [-0.05, 0) is 44.0 Å². The lowest BCUT2D eigenvalue weighted by molar-refractivity contribution is -0.131. The van der Waals surface area contributed by atoms with E-state index in [1.165, 1.54) is 5.56 Å². The molecule has 0 bridgehead atoms. The smallest absolute Gasteiger partial charge is 0.222 e. The van der Waals surface area contributed by atoms with E-state index >= 15 is 0 Å². The highest BCUT2D eigenvalue weighted by Crippen LogP contribution is 2.12. The minimum atomic E-state index is 0.255. The predicted molar refractivity (Wildman–Crippen MR) is 78.4 cm³/mol.